The van der Waals surface area contributed by atoms with Gasteiger partial charge in [0.05, 0.1) is 11.0 Å². The fourth-order valence-electron chi connectivity index (χ4n) is 3.17. The summed E-state index contributed by atoms with van der Waals surface area (Å²) in [6.07, 6.45) is 2.75. The molecule has 1 aliphatic rings. The largest absolute Gasteiger partial charge is 0.326 e. The summed E-state index contributed by atoms with van der Waals surface area (Å²) in [6.45, 7) is 5.20. The Hall–Kier alpha value is -1.36. The molecule has 0 spiro atoms. The van der Waals surface area contributed by atoms with E-state index in [1.165, 1.54) is 0 Å². The summed E-state index contributed by atoms with van der Waals surface area (Å²) in [5, 5.41) is 1.82. The highest BCUT2D eigenvalue weighted by molar-refractivity contribution is 7.58. The predicted octanol–water partition coefficient (Wildman–Crippen LogP) is 3.22. The minimum Gasteiger partial charge on any atom is -0.306 e. The lowest BCUT2D eigenvalue weighted by molar-refractivity contribution is -0.0775. The quantitative estimate of drug-likeness (QED) is 0.851. The molecule has 0 unspecified atom stereocenters. The number of benzene rings is 1. The van der Waals surface area contributed by atoms with Crippen LogP contribution in [-0.2, 0) is 9.19 Å². The highest BCUT2D eigenvalue weighted by Crippen LogP contribution is 2.47. The Morgan fingerprint density at radius 1 is 1.22 bits per heavy atom. The molecule has 126 valence electrons. The molecular weight excluding hydrogens is 313 g/mol. The number of aromatic nitrogens is 2. The van der Waals surface area contributed by atoms with Gasteiger partial charge in [0, 0.05) is 31.5 Å². The second-order valence-electron chi connectivity index (χ2n) is 6.01. The molecule has 7 heteroatoms. The molecule has 0 saturated carbocycles. The van der Waals surface area contributed by atoms with Gasteiger partial charge in [0.2, 0.25) is 7.37 Å². The maximum atomic E-state index is 12.4. The third-order valence-electron chi connectivity index (χ3n) is 4.64. The van der Waals surface area contributed by atoms with Crippen molar-refractivity contribution in [2.24, 2.45) is 0 Å². The highest BCUT2D eigenvalue weighted by atomic mass is 31.2. The first kappa shape index (κ1) is 16.5. The number of piperidine rings is 1. The fraction of sp³-hybridized carbons (Fsp3) is 0.562. The fourth-order valence-corrected chi connectivity index (χ4v) is 4.43. The molecule has 1 aromatic heterocycles. The highest BCUT2D eigenvalue weighted by Gasteiger charge is 2.28. The van der Waals surface area contributed by atoms with Crippen molar-refractivity contribution >= 4 is 18.4 Å². The molecule has 23 heavy (non-hydrogen) atoms. The van der Waals surface area contributed by atoms with Crippen molar-refractivity contribution in [2.75, 3.05) is 25.4 Å². The van der Waals surface area contributed by atoms with E-state index in [9.17, 15) is 9.36 Å². The number of aromatic amines is 1. The van der Waals surface area contributed by atoms with Crippen LogP contribution in [0.25, 0.3) is 11.0 Å². The topological polar surface area (TPSA) is 67.3 Å². The number of fused-ring (bicyclic) bond motifs is 1. The van der Waals surface area contributed by atoms with E-state index in [1.54, 1.807) is 0 Å². The summed E-state index contributed by atoms with van der Waals surface area (Å²) < 4.78 is 20.0. The monoisotopic (exact) mass is 337 g/mol. The van der Waals surface area contributed by atoms with E-state index in [1.807, 2.05) is 47.7 Å². The van der Waals surface area contributed by atoms with Gasteiger partial charge in [0.1, 0.15) is 0 Å². The standard InChI is InChI=1S/C16H24N3O3P/c1-3-23(21,4-2)22-18-11-9-13(10-12-18)19-15-8-6-5-7-14(15)17-16(19)20/h5-8,13H,3-4,9-12H2,1-2H3,(H,17,20). The smallest absolute Gasteiger partial charge is 0.306 e. The number of hydrogen-bond acceptors (Lipinski definition) is 4. The van der Waals surface area contributed by atoms with E-state index in [0.29, 0.717) is 25.4 Å². The molecule has 2 aromatic rings. The summed E-state index contributed by atoms with van der Waals surface area (Å²) >= 11 is 0. The molecule has 1 saturated heterocycles. The molecule has 0 aliphatic carbocycles. The average Bonchev–Trinajstić information content (AvgIpc) is 2.91. The van der Waals surface area contributed by atoms with E-state index in [0.717, 1.165) is 23.9 Å². The summed E-state index contributed by atoms with van der Waals surface area (Å²) in [5.41, 5.74) is 1.76. The van der Waals surface area contributed by atoms with Gasteiger partial charge in [-0.15, -0.1) is 0 Å². The van der Waals surface area contributed by atoms with Gasteiger partial charge in [-0.25, -0.2) is 9.42 Å². The van der Waals surface area contributed by atoms with Crippen LogP contribution in [0.2, 0.25) is 0 Å². The van der Waals surface area contributed by atoms with Crippen molar-refractivity contribution in [3.63, 3.8) is 0 Å². The van der Waals surface area contributed by atoms with Crippen LogP contribution in [0.4, 0.5) is 0 Å². The van der Waals surface area contributed by atoms with Gasteiger partial charge >= 0.3 is 5.69 Å². The molecule has 0 amide bonds. The van der Waals surface area contributed by atoms with E-state index in [2.05, 4.69) is 4.98 Å². The van der Waals surface area contributed by atoms with Crippen LogP contribution in [0.5, 0.6) is 0 Å². The minimum atomic E-state index is -2.53. The van der Waals surface area contributed by atoms with Gasteiger partial charge in [0.15, 0.2) is 0 Å². The lowest BCUT2D eigenvalue weighted by Gasteiger charge is -2.33. The van der Waals surface area contributed by atoms with Crippen LogP contribution in [0.3, 0.4) is 0 Å². The zero-order valence-corrected chi connectivity index (χ0v) is 14.6. The molecular formula is C16H24N3O3P. The van der Waals surface area contributed by atoms with Gasteiger partial charge in [-0.2, -0.15) is 5.06 Å². The molecule has 1 N–H and O–H groups in total. The summed E-state index contributed by atoms with van der Waals surface area (Å²) in [4.78, 5) is 15.2. The zero-order valence-electron chi connectivity index (χ0n) is 13.7. The Balaban J connectivity index is 1.73. The third-order valence-corrected chi connectivity index (χ3v) is 7.10. The molecule has 2 heterocycles. The Morgan fingerprint density at radius 3 is 2.52 bits per heavy atom. The summed E-state index contributed by atoms with van der Waals surface area (Å²) in [6, 6.07) is 7.92. The number of nitrogens with zero attached hydrogens (tertiary/aromatic N) is 2. The first-order valence-corrected chi connectivity index (χ1v) is 10.3. The molecule has 0 bridgehead atoms. The number of nitrogens with one attached hydrogen (secondary N) is 1. The Labute approximate surface area is 135 Å². The number of imidazole rings is 1. The average molecular weight is 337 g/mol. The second-order valence-corrected chi connectivity index (χ2v) is 9.06. The minimum absolute atomic E-state index is 0.0571. The van der Waals surface area contributed by atoms with Crippen LogP contribution in [0.15, 0.2) is 29.1 Å². The Kier molecular flexibility index (Phi) is 4.76. The number of para-hydroxylation sites is 2. The van der Waals surface area contributed by atoms with E-state index >= 15 is 0 Å². The van der Waals surface area contributed by atoms with Crippen LogP contribution >= 0.6 is 7.37 Å². The lowest BCUT2D eigenvalue weighted by Crippen LogP contribution is -2.36. The number of hydrogen-bond donors (Lipinski definition) is 1. The first-order chi connectivity index (χ1) is 11.1. The van der Waals surface area contributed by atoms with Crippen molar-refractivity contribution in [3.8, 4) is 0 Å². The van der Waals surface area contributed by atoms with Crippen molar-refractivity contribution in [2.45, 2.75) is 32.7 Å². The maximum Gasteiger partial charge on any atom is 0.326 e. The van der Waals surface area contributed by atoms with Crippen molar-refractivity contribution in [3.05, 3.63) is 34.7 Å². The van der Waals surface area contributed by atoms with Gasteiger partial charge in [-0.05, 0) is 25.0 Å². The van der Waals surface area contributed by atoms with E-state index in [4.69, 9.17) is 4.62 Å². The third kappa shape index (κ3) is 3.30. The number of hydroxylamine groups is 2. The first-order valence-electron chi connectivity index (χ1n) is 8.28. The van der Waals surface area contributed by atoms with E-state index < -0.39 is 7.37 Å². The zero-order chi connectivity index (χ0) is 16.4. The Bertz CT molecular complexity index is 766. The predicted molar refractivity (Wildman–Crippen MR) is 92.2 cm³/mol. The maximum absolute atomic E-state index is 12.4. The van der Waals surface area contributed by atoms with Crippen LogP contribution in [0, 0.1) is 0 Å². The number of H-pyrrole nitrogens is 1. The molecule has 6 nitrogen and oxygen atoms in total. The second kappa shape index (κ2) is 6.63. The normalized spacial score (nSPS) is 17.8. The summed E-state index contributed by atoms with van der Waals surface area (Å²) in [7, 11) is -2.53. The molecule has 0 radical (unpaired) electrons. The molecule has 0 atom stereocenters. The Morgan fingerprint density at radius 2 is 1.87 bits per heavy atom. The van der Waals surface area contributed by atoms with Gasteiger partial charge < -0.3 is 4.98 Å². The lowest BCUT2D eigenvalue weighted by atomic mass is 10.1. The van der Waals surface area contributed by atoms with Gasteiger partial charge in [-0.3, -0.25) is 9.13 Å². The number of rotatable bonds is 5. The van der Waals surface area contributed by atoms with Crippen LogP contribution in [0.1, 0.15) is 32.7 Å². The van der Waals surface area contributed by atoms with Crippen molar-refractivity contribution in [1.29, 1.82) is 0 Å². The van der Waals surface area contributed by atoms with Gasteiger partial charge in [-0.1, -0.05) is 26.0 Å². The van der Waals surface area contributed by atoms with Gasteiger partial charge in [0.25, 0.3) is 0 Å². The van der Waals surface area contributed by atoms with Crippen molar-refractivity contribution in [1.82, 2.24) is 14.6 Å². The van der Waals surface area contributed by atoms with E-state index in [-0.39, 0.29) is 11.7 Å². The SMILES string of the molecule is CCP(=O)(CC)ON1CCC(n2c(=O)[nH]c3ccccc32)CC1. The van der Waals surface area contributed by atoms with Crippen LogP contribution in [-0.4, -0.2) is 40.0 Å². The summed E-state index contributed by atoms with van der Waals surface area (Å²) in [5.74, 6) is 0. The molecule has 1 aliphatic heterocycles. The molecule has 1 fully saturated rings. The van der Waals surface area contributed by atoms with Crippen molar-refractivity contribution < 1.29 is 9.19 Å². The molecule has 1 aromatic carbocycles. The van der Waals surface area contributed by atoms with Crippen LogP contribution < -0.4 is 5.69 Å². The molecule has 3 rings (SSSR count).